The van der Waals surface area contributed by atoms with Gasteiger partial charge in [0.1, 0.15) is 5.82 Å². The van der Waals surface area contributed by atoms with E-state index in [-0.39, 0.29) is 5.91 Å². The number of aromatic nitrogens is 2. The zero-order valence-electron chi connectivity index (χ0n) is 18.0. The largest absolute Gasteiger partial charge is 0.342 e. The second-order valence-electron chi connectivity index (χ2n) is 9.25. The Morgan fingerprint density at radius 2 is 1.89 bits per heavy atom. The molecule has 1 aromatic heterocycles. The van der Waals surface area contributed by atoms with E-state index in [1.165, 1.54) is 23.3 Å². The molecule has 0 N–H and O–H groups in total. The summed E-state index contributed by atoms with van der Waals surface area (Å²) >= 11 is 0. The summed E-state index contributed by atoms with van der Waals surface area (Å²) in [6.07, 6.45) is 12.3. The Morgan fingerprint density at radius 3 is 2.61 bits per heavy atom. The van der Waals surface area contributed by atoms with Gasteiger partial charge >= 0.3 is 0 Å². The van der Waals surface area contributed by atoms with Crippen molar-refractivity contribution in [3.05, 3.63) is 41.0 Å². The van der Waals surface area contributed by atoms with E-state index in [0.29, 0.717) is 18.4 Å². The number of allylic oxidation sites excluding steroid dienone is 4. The van der Waals surface area contributed by atoms with Crippen LogP contribution in [0, 0.1) is 24.2 Å². The van der Waals surface area contributed by atoms with Crippen molar-refractivity contribution >= 4 is 17.6 Å². The molecule has 0 spiro atoms. The Balaban J connectivity index is 1.71. The molecule has 1 amide bonds. The lowest BCUT2D eigenvalue weighted by Gasteiger charge is -2.37. The SMILES string of the molecule is CC1=CC(C)C(C)C(c2c(C)nc3n2CC(C)(C(=O)N2CCCCC2)C=C3)=C1. The Labute approximate surface area is 169 Å². The fraction of sp³-hybridized carbons (Fsp3) is 0.583. The van der Waals surface area contributed by atoms with Gasteiger partial charge in [0.15, 0.2) is 0 Å². The number of likely N-dealkylation sites (tertiary alicyclic amines) is 1. The zero-order chi connectivity index (χ0) is 20.1. The lowest BCUT2D eigenvalue weighted by atomic mass is 9.80. The van der Waals surface area contributed by atoms with E-state index in [0.717, 1.165) is 37.4 Å². The number of carbonyl (C=O) groups excluding carboxylic acids is 1. The lowest BCUT2D eigenvalue weighted by molar-refractivity contribution is -0.140. The molecular weight excluding hydrogens is 346 g/mol. The number of carbonyl (C=O) groups is 1. The van der Waals surface area contributed by atoms with Crippen LogP contribution in [0.1, 0.15) is 64.2 Å². The average Bonchev–Trinajstić information content (AvgIpc) is 2.99. The predicted molar refractivity (Wildman–Crippen MR) is 115 cm³/mol. The van der Waals surface area contributed by atoms with E-state index < -0.39 is 5.41 Å². The minimum Gasteiger partial charge on any atom is -0.342 e. The third-order valence-electron chi connectivity index (χ3n) is 6.85. The maximum atomic E-state index is 13.4. The van der Waals surface area contributed by atoms with Crippen LogP contribution in [0.5, 0.6) is 0 Å². The van der Waals surface area contributed by atoms with Crippen LogP contribution in [-0.4, -0.2) is 33.4 Å². The minimum atomic E-state index is -0.499. The fourth-order valence-electron chi connectivity index (χ4n) is 5.03. The summed E-state index contributed by atoms with van der Waals surface area (Å²) in [5.41, 5.74) is 4.44. The van der Waals surface area contributed by atoms with Crippen molar-refractivity contribution < 1.29 is 4.79 Å². The summed E-state index contributed by atoms with van der Waals surface area (Å²) in [5.74, 6) is 2.19. The number of imidazole rings is 1. The molecule has 1 aromatic rings. The molecule has 3 atom stereocenters. The van der Waals surface area contributed by atoms with Crippen molar-refractivity contribution in [2.75, 3.05) is 13.1 Å². The molecule has 28 heavy (non-hydrogen) atoms. The highest BCUT2D eigenvalue weighted by Crippen LogP contribution is 2.40. The van der Waals surface area contributed by atoms with Crippen molar-refractivity contribution in [3.8, 4) is 0 Å². The van der Waals surface area contributed by atoms with Crippen LogP contribution >= 0.6 is 0 Å². The van der Waals surface area contributed by atoms with Crippen LogP contribution in [0.15, 0.2) is 23.8 Å². The van der Waals surface area contributed by atoms with Gasteiger partial charge in [-0.05, 0) is 63.5 Å². The van der Waals surface area contributed by atoms with Crippen molar-refractivity contribution in [2.45, 2.75) is 60.4 Å². The van der Waals surface area contributed by atoms with Crippen LogP contribution in [0.25, 0.3) is 11.6 Å². The first kappa shape index (κ1) is 19.2. The summed E-state index contributed by atoms with van der Waals surface area (Å²) in [4.78, 5) is 20.3. The van der Waals surface area contributed by atoms with Gasteiger partial charge in [0.2, 0.25) is 5.91 Å². The van der Waals surface area contributed by atoms with E-state index >= 15 is 0 Å². The standard InChI is InChI=1S/C24H33N3O/c1-16-13-17(2)18(3)20(14-16)22-19(4)25-21-9-10-24(5,15-27(21)22)23(28)26-11-7-6-8-12-26/h9-10,13-14,17-18H,6-8,11-12,15H2,1-5H3. The molecule has 3 unspecified atom stereocenters. The van der Waals surface area contributed by atoms with Gasteiger partial charge in [-0.2, -0.15) is 0 Å². The van der Waals surface area contributed by atoms with Crippen LogP contribution in [-0.2, 0) is 11.3 Å². The van der Waals surface area contributed by atoms with Gasteiger partial charge in [0, 0.05) is 19.6 Å². The van der Waals surface area contributed by atoms with Gasteiger partial charge in [-0.3, -0.25) is 4.79 Å². The maximum Gasteiger partial charge on any atom is 0.234 e. The molecule has 4 rings (SSSR count). The van der Waals surface area contributed by atoms with Gasteiger partial charge in [-0.1, -0.05) is 37.6 Å². The molecule has 2 aliphatic heterocycles. The number of nitrogens with zero attached hydrogens (tertiary/aromatic N) is 3. The lowest BCUT2D eigenvalue weighted by Crippen LogP contribution is -2.46. The van der Waals surface area contributed by atoms with Gasteiger partial charge in [-0.25, -0.2) is 4.98 Å². The van der Waals surface area contributed by atoms with Gasteiger partial charge < -0.3 is 9.47 Å². The summed E-state index contributed by atoms with van der Waals surface area (Å²) in [6, 6.07) is 0. The molecule has 1 saturated heterocycles. The topological polar surface area (TPSA) is 38.1 Å². The van der Waals surface area contributed by atoms with Crippen molar-refractivity contribution in [1.29, 1.82) is 0 Å². The second kappa shape index (κ2) is 7.06. The van der Waals surface area contributed by atoms with E-state index in [1.807, 2.05) is 0 Å². The summed E-state index contributed by atoms with van der Waals surface area (Å²) in [5, 5.41) is 0. The molecule has 0 aromatic carbocycles. The molecule has 4 nitrogen and oxygen atoms in total. The van der Waals surface area contributed by atoms with Crippen molar-refractivity contribution in [3.63, 3.8) is 0 Å². The molecule has 1 fully saturated rings. The molecule has 3 heterocycles. The van der Waals surface area contributed by atoms with Gasteiger partial charge in [-0.15, -0.1) is 0 Å². The van der Waals surface area contributed by atoms with Crippen molar-refractivity contribution in [1.82, 2.24) is 14.5 Å². The highest BCUT2D eigenvalue weighted by Gasteiger charge is 2.39. The molecule has 4 heteroatoms. The number of hydrogen-bond acceptors (Lipinski definition) is 2. The number of rotatable bonds is 2. The maximum absolute atomic E-state index is 13.4. The quantitative estimate of drug-likeness (QED) is 0.736. The summed E-state index contributed by atoms with van der Waals surface area (Å²) in [7, 11) is 0. The first-order chi connectivity index (χ1) is 13.3. The molecule has 3 aliphatic rings. The Bertz CT molecular complexity index is 882. The number of amides is 1. The Hall–Kier alpha value is -2.10. The molecule has 150 valence electrons. The van der Waals surface area contributed by atoms with Crippen LogP contribution in [0.4, 0.5) is 0 Å². The first-order valence-electron chi connectivity index (χ1n) is 10.8. The highest BCUT2D eigenvalue weighted by atomic mass is 16.2. The van der Waals surface area contributed by atoms with E-state index in [1.54, 1.807) is 0 Å². The summed E-state index contributed by atoms with van der Waals surface area (Å²) < 4.78 is 2.30. The number of aryl methyl sites for hydroxylation is 1. The monoisotopic (exact) mass is 379 g/mol. The normalized spacial score (nSPS) is 30.0. The molecule has 1 aliphatic carbocycles. The Kier molecular flexibility index (Phi) is 4.84. The van der Waals surface area contributed by atoms with Crippen LogP contribution in [0.3, 0.4) is 0 Å². The molecule has 0 saturated carbocycles. The fourth-order valence-corrected chi connectivity index (χ4v) is 5.03. The first-order valence-corrected chi connectivity index (χ1v) is 10.8. The average molecular weight is 380 g/mol. The molecule has 0 radical (unpaired) electrons. The second-order valence-corrected chi connectivity index (χ2v) is 9.25. The highest BCUT2D eigenvalue weighted by molar-refractivity contribution is 5.86. The molecule has 0 bridgehead atoms. The smallest absolute Gasteiger partial charge is 0.234 e. The van der Waals surface area contributed by atoms with Crippen molar-refractivity contribution in [2.24, 2.45) is 17.3 Å². The number of hydrogen-bond donors (Lipinski definition) is 0. The van der Waals surface area contributed by atoms with Crippen LogP contribution < -0.4 is 0 Å². The zero-order valence-corrected chi connectivity index (χ0v) is 18.0. The van der Waals surface area contributed by atoms with E-state index in [2.05, 4.69) is 68.4 Å². The molecular formula is C24H33N3O. The predicted octanol–water partition coefficient (Wildman–Crippen LogP) is 4.85. The number of piperidine rings is 1. The van der Waals surface area contributed by atoms with Gasteiger partial charge in [0.05, 0.1) is 16.8 Å². The minimum absolute atomic E-state index is 0.265. The van der Waals surface area contributed by atoms with Crippen LogP contribution in [0.2, 0.25) is 0 Å². The van der Waals surface area contributed by atoms with Gasteiger partial charge in [0.25, 0.3) is 0 Å². The summed E-state index contributed by atoms with van der Waals surface area (Å²) in [6.45, 7) is 13.4. The Morgan fingerprint density at radius 1 is 1.18 bits per heavy atom. The number of fused-ring (bicyclic) bond motifs is 1. The third-order valence-corrected chi connectivity index (χ3v) is 6.85. The van der Waals surface area contributed by atoms with E-state index in [9.17, 15) is 4.79 Å². The third kappa shape index (κ3) is 3.17. The van der Waals surface area contributed by atoms with E-state index in [4.69, 9.17) is 4.98 Å².